The number of carboxylic acid groups (broad SMARTS) is 1. The molecule has 1 heterocycles. The molecular formula is C19H25NO3. The summed E-state index contributed by atoms with van der Waals surface area (Å²) in [5.74, 6) is -0.625. The first-order chi connectivity index (χ1) is 11.0. The Balaban J connectivity index is 1.76. The zero-order valence-electron chi connectivity index (χ0n) is 13.8. The van der Waals surface area contributed by atoms with Gasteiger partial charge in [-0.2, -0.15) is 0 Å². The van der Waals surface area contributed by atoms with Crippen LogP contribution in [0.3, 0.4) is 0 Å². The quantitative estimate of drug-likeness (QED) is 0.929. The van der Waals surface area contributed by atoms with Crippen LogP contribution in [-0.2, 0) is 16.0 Å². The number of benzene rings is 1. The molecule has 1 N–H and O–H groups in total. The van der Waals surface area contributed by atoms with E-state index in [-0.39, 0.29) is 11.3 Å². The van der Waals surface area contributed by atoms with Gasteiger partial charge in [-0.1, -0.05) is 36.8 Å². The molecular weight excluding hydrogens is 290 g/mol. The van der Waals surface area contributed by atoms with Gasteiger partial charge >= 0.3 is 5.97 Å². The lowest BCUT2D eigenvalue weighted by Gasteiger charge is -2.47. The van der Waals surface area contributed by atoms with Gasteiger partial charge in [0.15, 0.2) is 0 Å². The fourth-order valence-electron chi connectivity index (χ4n) is 3.98. The van der Waals surface area contributed by atoms with Crippen molar-refractivity contribution in [3.05, 3.63) is 35.9 Å². The summed E-state index contributed by atoms with van der Waals surface area (Å²) >= 11 is 0. The minimum atomic E-state index is -0.800. The molecule has 1 saturated heterocycles. The number of hydrogen-bond acceptors (Lipinski definition) is 2. The Labute approximate surface area is 137 Å². The lowest BCUT2D eigenvalue weighted by molar-refractivity contribution is -0.159. The van der Waals surface area contributed by atoms with Crippen LogP contribution in [0, 0.1) is 10.8 Å². The van der Waals surface area contributed by atoms with Gasteiger partial charge in [0.25, 0.3) is 0 Å². The van der Waals surface area contributed by atoms with E-state index in [2.05, 4.69) is 12.1 Å². The predicted molar refractivity (Wildman–Crippen MR) is 88.0 cm³/mol. The summed E-state index contributed by atoms with van der Waals surface area (Å²) < 4.78 is 0. The fraction of sp³-hybridized carbons (Fsp3) is 0.579. The number of hydrogen-bond donors (Lipinski definition) is 1. The Hall–Kier alpha value is -1.84. The zero-order valence-corrected chi connectivity index (χ0v) is 13.8. The molecule has 4 heteroatoms. The molecule has 3 rings (SSSR count). The summed E-state index contributed by atoms with van der Waals surface area (Å²) in [6.45, 7) is 2.80. The van der Waals surface area contributed by atoms with Gasteiger partial charge in [0.1, 0.15) is 0 Å². The van der Waals surface area contributed by atoms with Crippen LogP contribution in [0.15, 0.2) is 30.3 Å². The molecule has 1 amide bonds. The molecule has 1 saturated carbocycles. The van der Waals surface area contributed by atoms with E-state index in [1.165, 1.54) is 5.56 Å². The van der Waals surface area contributed by atoms with E-state index in [4.69, 9.17) is 0 Å². The lowest BCUT2D eigenvalue weighted by Crippen LogP contribution is -2.55. The van der Waals surface area contributed by atoms with E-state index >= 15 is 0 Å². The Morgan fingerprint density at radius 2 is 1.83 bits per heavy atom. The highest BCUT2D eigenvalue weighted by Gasteiger charge is 2.49. The SMILES string of the molecule is CC1(C(=O)O)CCCN(C(=O)C2(Cc3ccccc3)CCC2)C1. The molecule has 124 valence electrons. The molecule has 1 unspecified atom stereocenters. The number of nitrogens with zero attached hydrogens (tertiary/aromatic N) is 1. The lowest BCUT2D eigenvalue weighted by atomic mass is 9.64. The molecule has 1 atom stereocenters. The number of rotatable bonds is 4. The monoisotopic (exact) mass is 315 g/mol. The second-order valence-electron chi connectivity index (χ2n) is 7.49. The molecule has 0 spiro atoms. The maximum Gasteiger partial charge on any atom is 0.311 e. The number of aliphatic carboxylic acids is 1. The van der Waals surface area contributed by atoms with Gasteiger partial charge in [0.2, 0.25) is 5.91 Å². The summed E-state index contributed by atoms with van der Waals surface area (Å²) in [6.07, 6.45) is 5.12. The van der Waals surface area contributed by atoms with E-state index in [0.29, 0.717) is 19.5 Å². The van der Waals surface area contributed by atoms with Crippen LogP contribution in [-0.4, -0.2) is 35.0 Å². The molecule has 23 heavy (non-hydrogen) atoms. The summed E-state index contributed by atoms with van der Waals surface area (Å²) in [5.41, 5.74) is 0.0857. The third-order valence-corrected chi connectivity index (χ3v) is 5.65. The van der Waals surface area contributed by atoms with E-state index in [1.807, 2.05) is 23.1 Å². The van der Waals surface area contributed by atoms with Crippen LogP contribution in [0.2, 0.25) is 0 Å². The molecule has 1 aromatic carbocycles. The number of carbonyl (C=O) groups excluding carboxylic acids is 1. The van der Waals surface area contributed by atoms with Gasteiger partial charge in [-0.05, 0) is 44.6 Å². The highest BCUT2D eigenvalue weighted by molar-refractivity contribution is 5.85. The zero-order chi connectivity index (χ0) is 16.5. The van der Waals surface area contributed by atoms with Crippen LogP contribution in [0.25, 0.3) is 0 Å². The molecule has 0 bridgehead atoms. The predicted octanol–water partition coefficient (Wildman–Crippen LogP) is 3.11. The van der Waals surface area contributed by atoms with Crippen LogP contribution in [0.1, 0.15) is 44.6 Å². The van der Waals surface area contributed by atoms with Crippen molar-refractivity contribution in [1.82, 2.24) is 4.90 Å². The van der Waals surface area contributed by atoms with Gasteiger partial charge in [-0.25, -0.2) is 0 Å². The van der Waals surface area contributed by atoms with Crippen molar-refractivity contribution in [2.24, 2.45) is 10.8 Å². The first-order valence-corrected chi connectivity index (χ1v) is 8.52. The Morgan fingerprint density at radius 1 is 1.13 bits per heavy atom. The first kappa shape index (κ1) is 16.0. The van der Waals surface area contributed by atoms with Crippen molar-refractivity contribution in [3.8, 4) is 0 Å². The first-order valence-electron chi connectivity index (χ1n) is 8.52. The molecule has 1 aliphatic carbocycles. The third-order valence-electron chi connectivity index (χ3n) is 5.65. The Morgan fingerprint density at radius 3 is 2.39 bits per heavy atom. The van der Waals surface area contributed by atoms with E-state index < -0.39 is 11.4 Å². The van der Waals surface area contributed by atoms with Crippen molar-refractivity contribution in [2.75, 3.05) is 13.1 Å². The maximum atomic E-state index is 13.2. The normalized spacial score (nSPS) is 26.4. The van der Waals surface area contributed by atoms with E-state index in [0.717, 1.165) is 32.1 Å². The van der Waals surface area contributed by atoms with Gasteiger partial charge in [0, 0.05) is 13.1 Å². The summed E-state index contributed by atoms with van der Waals surface area (Å²) in [4.78, 5) is 26.5. The molecule has 2 fully saturated rings. The van der Waals surface area contributed by atoms with Crippen molar-refractivity contribution >= 4 is 11.9 Å². The summed E-state index contributed by atoms with van der Waals surface area (Å²) in [5, 5.41) is 9.47. The molecule has 0 radical (unpaired) electrons. The molecule has 1 aromatic rings. The van der Waals surface area contributed by atoms with Crippen molar-refractivity contribution < 1.29 is 14.7 Å². The van der Waals surface area contributed by atoms with Gasteiger partial charge in [-0.3, -0.25) is 9.59 Å². The van der Waals surface area contributed by atoms with Gasteiger partial charge in [-0.15, -0.1) is 0 Å². The van der Waals surface area contributed by atoms with E-state index in [9.17, 15) is 14.7 Å². The number of likely N-dealkylation sites (tertiary alicyclic amines) is 1. The number of amides is 1. The largest absolute Gasteiger partial charge is 0.481 e. The number of carbonyl (C=O) groups is 2. The molecule has 1 aliphatic heterocycles. The highest BCUT2D eigenvalue weighted by atomic mass is 16.4. The highest BCUT2D eigenvalue weighted by Crippen LogP contribution is 2.46. The smallest absolute Gasteiger partial charge is 0.311 e. The van der Waals surface area contributed by atoms with Crippen molar-refractivity contribution in [3.63, 3.8) is 0 Å². The number of piperidine rings is 1. The average Bonchev–Trinajstić information content (AvgIpc) is 2.51. The third kappa shape index (κ3) is 2.99. The molecule has 2 aliphatic rings. The average molecular weight is 315 g/mol. The maximum absolute atomic E-state index is 13.2. The second-order valence-corrected chi connectivity index (χ2v) is 7.49. The molecule has 0 aromatic heterocycles. The Kier molecular flexibility index (Phi) is 4.17. The van der Waals surface area contributed by atoms with Crippen LogP contribution in [0.5, 0.6) is 0 Å². The van der Waals surface area contributed by atoms with Crippen molar-refractivity contribution in [1.29, 1.82) is 0 Å². The molecule has 4 nitrogen and oxygen atoms in total. The van der Waals surface area contributed by atoms with Crippen LogP contribution >= 0.6 is 0 Å². The van der Waals surface area contributed by atoms with Crippen molar-refractivity contribution in [2.45, 2.75) is 45.4 Å². The minimum absolute atomic E-state index is 0.166. The minimum Gasteiger partial charge on any atom is -0.481 e. The Bertz CT molecular complexity index is 594. The van der Waals surface area contributed by atoms with Crippen LogP contribution < -0.4 is 0 Å². The van der Waals surface area contributed by atoms with Crippen LogP contribution in [0.4, 0.5) is 0 Å². The topological polar surface area (TPSA) is 57.6 Å². The second kappa shape index (κ2) is 5.99. The van der Waals surface area contributed by atoms with Gasteiger partial charge < -0.3 is 10.0 Å². The summed E-state index contributed by atoms with van der Waals surface area (Å²) in [6, 6.07) is 10.2. The fourth-order valence-corrected chi connectivity index (χ4v) is 3.98. The van der Waals surface area contributed by atoms with Gasteiger partial charge in [0.05, 0.1) is 10.8 Å². The standard InChI is InChI=1S/C19H25NO3/c1-18(17(22)23)9-6-12-20(14-18)16(21)19(10-5-11-19)13-15-7-3-2-4-8-15/h2-4,7-8H,5-6,9-14H2,1H3,(H,22,23). The number of carboxylic acids is 1. The van der Waals surface area contributed by atoms with E-state index in [1.54, 1.807) is 6.92 Å². The summed E-state index contributed by atoms with van der Waals surface area (Å²) in [7, 11) is 0.